The highest BCUT2D eigenvalue weighted by Gasteiger charge is 2.09. The van der Waals surface area contributed by atoms with Crippen LogP contribution >= 0.6 is 0 Å². The number of benzene rings is 2. The van der Waals surface area contributed by atoms with Gasteiger partial charge in [-0.3, -0.25) is 0 Å². The van der Waals surface area contributed by atoms with Crippen molar-refractivity contribution < 1.29 is 4.42 Å². The molecule has 0 aliphatic heterocycles. The van der Waals surface area contributed by atoms with Crippen molar-refractivity contribution in [2.24, 2.45) is 0 Å². The number of rotatable bonds is 3. The van der Waals surface area contributed by atoms with Crippen LogP contribution < -0.4 is 5.63 Å². The van der Waals surface area contributed by atoms with Gasteiger partial charge >= 0.3 is 5.63 Å². The van der Waals surface area contributed by atoms with E-state index in [4.69, 9.17) is 4.42 Å². The van der Waals surface area contributed by atoms with Crippen molar-refractivity contribution in [3.8, 4) is 11.3 Å². The molecule has 0 saturated heterocycles. The summed E-state index contributed by atoms with van der Waals surface area (Å²) < 4.78 is 7.00. The lowest BCUT2D eigenvalue weighted by molar-refractivity contribution is 0.555. The van der Waals surface area contributed by atoms with Crippen LogP contribution in [0, 0.1) is 6.92 Å². The maximum atomic E-state index is 11.8. The van der Waals surface area contributed by atoms with Gasteiger partial charge in [-0.25, -0.2) is 9.48 Å². The third kappa shape index (κ3) is 2.72. The Morgan fingerprint density at radius 3 is 2.75 bits per heavy atom. The largest absolute Gasteiger partial charge is 0.423 e. The molecule has 4 rings (SSSR count). The summed E-state index contributed by atoms with van der Waals surface area (Å²) in [7, 11) is 0. The summed E-state index contributed by atoms with van der Waals surface area (Å²) in [6.45, 7) is 2.47. The van der Waals surface area contributed by atoms with Crippen LogP contribution in [0.1, 0.15) is 11.1 Å². The molecule has 4 aromatic rings. The van der Waals surface area contributed by atoms with Crippen molar-refractivity contribution in [3.05, 3.63) is 82.3 Å². The Kier molecular flexibility index (Phi) is 3.46. The fourth-order valence-corrected chi connectivity index (χ4v) is 2.76. The first-order chi connectivity index (χ1) is 11.7. The average Bonchev–Trinajstić information content (AvgIpc) is 3.05. The fourth-order valence-electron chi connectivity index (χ4n) is 2.76. The van der Waals surface area contributed by atoms with Gasteiger partial charge in [-0.1, -0.05) is 47.2 Å². The Bertz CT molecular complexity index is 1060. The van der Waals surface area contributed by atoms with Crippen molar-refractivity contribution in [1.29, 1.82) is 0 Å². The number of fused-ring (bicyclic) bond motifs is 1. The fraction of sp³-hybridized carbons (Fsp3) is 0.105. The molecular weight excluding hydrogens is 302 g/mol. The van der Waals surface area contributed by atoms with Gasteiger partial charge < -0.3 is 4.42 Å². The first kappa shape index (κ1) is 14.4. The number of hydrogen-bond acceptors (Lipinski definition) is 4. The van der Waals surface area contributed by atoms with Crippen molar-refractivity contribution in [3.63, 3.8) is 0 Å². The smallest absolute Gasteiger partial charge is 0.336 e. The Labute approximate surface area is 138 Å². The summed E-state index contributed by atoms with van der Waals surface area (Å²) in [5, 5.41) is 9.32. The molecule has 0 fully saturated rings. The van der Waals surface area contributed by atoms with Crippen LogP contribution in [0.2, 0.25) is 0 Å². The summed E-state index contributed by atoms with van der Waals surface area (Å²) >= 11 is 0. The maximum absolute atomic E-state index is 11.8. The van der Waals surface area contributed by atoms with E-state index in [9.17, 15) is 4.79 Å². The summed E-state index contributed by atoms with van der Waals surface area (Å²) in [4.78, 5) is 11.8. The van der Waals surface area contributed by atoms with Crippen molar-refractivity contribution >= 4 is 11.0 Å². The molecule has 5 heteroatoms. The average molecular weight is 317 g/mol. The van der Waals surface area contributed by atoms with Crippen LogP contribution in [0.3, 0.4) is 0 Å². The summed E-state index contributed by atoms with van der Waals surface area (Å²) in [5.74, 6) is 0. The Morgan fingerprint density at radius 2 is 1.92 bits per heavy atom. The van der Waals surface area contributed by atoms with Crippen LogP contribution in [-0.2, 0) is 6.54 Å². The number of hydrogen-bond donors (Lipinski definition) is 0. The Morgan fingerprint density at radius 1 is 1.08 bits per heavy atom. The molecule has 0 bridgehead atoms. The standard InChI is InChI=1S/C19H15N3O2/c1-13-7-8-18-16(9-13)15(10-19(23)24-18)11-22-12-17(20-21-22)14-5-3-2-4-6-14/h2-10,12H,11H2,1H3. The van der Waals surface area contributed by atoms with Crippen molar-refractivity contribution in [2.75, 3.05) is 0 Å². The third-order valence-corrected chi connectivity index (χ3v) is 3.92. The van der Waals surface area contributed by atoms with Crippen molar-refractivity contribution in [1.82, 2.24) is 15.0 Å². The molecule has 0 amide bonds. The predicted octanol–water partition coefficient (Wildman–Crippen LogP) is 3.41. The van der Waals surface area contributed by atoms with E-state index < -0.39 is 0 Å². The zero-order chi connectivity index (χ0) is 16.5. The van der Waals surface area contributed by atoms with E-state index in [0.29, 0.717) is 12.1 Å². The van der Waals surface area contributed by atoms with Gasteiger partial charge in [0.05, 0.1) is 12.7 Å². The molecule has 0 spiro atoms. The predicted molar refractivity (Wildman–Crippen MR) is 91.8 cm³/mol. The van der Waals surface area contributed by atoms with Gasteiger partial charge in [0.25, 0.3) is 0 Å². The quantitative estimate of drug-likeness (QED) is 0.543. The first-order valence-corrected chi connectivity index (χ1v) is 7.68. The van der Waals surface area contributed by atoms with Crippen molar-refractivity contribution in [2.45, 2.75) is 13.5 Å². The van der Waals surface area contributed by atoms with E-state index in [2.05, 4.69) is 10.3 Å². The first-order valence-electron chi connectivity index (χ1n) is 7.68. The normalized spacial score (nSPS) is 11.0. The van der Waals surface area contributed by atoms with Gasteiger partial charge in [-0.05, 0) is 24.6 Å². The molecule has 118 valence electrons. The van der Waals surface area contributed by atoms with Crippen LogP contribution in [0.25, 0.3) is 22.2 Å². The van der Waals surface area contributed by atoms with Gasteiger partial charge in [0, 0.05) is 17.0 Å². The lowest BCUT2D eigenvalue weighted by Crippen LogP contribution is -2.06. The van der Waals surface area contributed by atoms with Gasteiger partial charge in [0.15, 0.2) is 0 Å². The van der Waals surface area contributed by atoms with E-state index in [1.807, 2.05) is 61.7 Å². The number of aryl methyl sites for hydroxylation is 1. The van der Waals surface area contributed by atoms with Crippen LogP contribution in [0.4, 0.5) is 0 Å². The van der Waals surface area contributed by atoms with Crippen LogP contribution in [0.5, 0.6) is 0 Å². The molecule has 24 heavy (non-hydrogen) atoms. The lowest BCUT2D eigenvalue weighted by Gasteiger charge is -2.06. The molecule has 2 aromatic carbocycles. The number of aromatic nitrogens is 3. The van der Waals surface area contributed by atoms with Gasteiger partial charge in [0.2, 0.25) is 0 Å². The molecule has 2 heterocycles. The summed E-state index contributed by atoms with van der Waals surface area (Å²) in [5.41, 5.74) is 4.03. The molecule has 5 nitrogen and oxygen atoms in total. The van der Waals surface area contributed by atoms with E-state index >= 15 is 0 Å². The Hall–Kier alpha value is -3.21. The van der Waals surface area contributed by atoms with Crippen LogP contribution in [0.15, 0.2) is 70.0 Å². The highest BCUT2D eigenvalue weighted by molar-refractivity contribution is 5.80. The minimum absolute atomic E-state index is 0.357. The monoisotopic (exact) mass is 317 g/mol. The second-order valence-electron chi connectivity index (χ2n) is 5.76. The number of nitrogens with zero attached hydrogens (tertiary/aromatic N) is 3. The zero-order valence-electron chi connectivity index (χ0n) is 13.1. The van der Waals surface area contributed by atoms with Gasteiger partial charge in [0.1, 0.15) is 11.3 Å². The molecule has 2 aromatic heterocycles. The third-order valence-electron chi connectivity index (χ3n) is 3.92. The zero-order valence-corrected chi connectivity index (χ0v) is 13.1. The molecule has 0 unspecified atom stereocenters. The minimum Gasteiger partial charge on any atom is -0.423 e. The van der Waals surface area contributed by atoms with E-state index in [1.54, 1.807) is 4.68 Å². The topological polar surface area (TPSA) is 60.9 Å². The summed E-state index contributed by atoms with van der Waals surface area (Å²) in [6, 6.07) is 17.2. The molecule has 0 aliphatic rings. The van der Waals surface area contributed by atoms with E-state index in [0.717, 1.165) is 27.8 Å². The molecular formula is C19H15N3O2. The second-order valence-corrected chi connectivity index (χ2v) is 5.76. The SMILES string of the molecule is Cc1ccc2oc(=O)cc(Cn3cc(-c4ccccc4)nn3)c2c1. The molecule has 0 atom stereocenters. The highest BCUT2D eigenvalue weighted by Crippen LogP contribution is 2.20. The lowest BCUT2D eigenvalue weighted by atomic mass is 10.1. The van der Waals surface area contributed by atoms with Gasteiger partial charge in [-0.2, -0.15) is 0 Å². The Balaban J connectivity index is 1.74. The summed E-state index contributed by atoms with van der Waals surface area (Å²) in [6.07, 6.45) is 1.88. The second kappa shape index (κ2) is 5.77. The maximum Gasteiger partial charge on any atom is 0.336 e. The van der Waals surface area contributed by atoms with Crippen LogP contribution in [-0.4, -0.2) is 15.0 Å². The van der Waals surface area contributed by atoms with E-state index in [1.165, 1.54) is 6.07 Å². The highest BCUT2D eigenvalue weighted by atomic mass is 16.4. The van der Waals surface area contributed by atoms with Gasteiger partial charge in [-0.15, -0.1) is 5.10 Å². The molecule has 0 radical (unpaired) electrons. The minimum atomic E-state index is -0.357. The molecule has 0 aliphatic carbocycles. The van der Waals surface area contributed by atoms with E-state index in [-0.39, 0.29) is 5.63 Å². The molecule has 0 N–H and O–H groups in total. The molecule has 0 saturated carbocycles.